The second kappa shape index (κ2) is 18.4. The molecule has 0 unspecified atom stereocenters. The second-order valence-electron chi connectivity index (χ2n) is 5.98. The lowest BCUT2D eigenvalue weighted by Gasteiger charge is -2.08. The Morgan fingerprint density at radius 2 is 1.04 bits per heavy atom. The smallest absolute Gasteiger partial charge is 0.309 e. The van der Waals surface area contributed by atoms with Crippen molar-refractivity contribution in [1.29, 1.82) is 0 Å². The monoisotopic (exact) mass is 353 g/mol. The fourth-order valence-electron chi connectivity index (χ4n) is 2.14. The Morgan fingerprint density at radius 1 is 0.696 bits per heavy atom. The van der Waals surface area contributed by atoms with Crippen LogP contribution in [0.25, 0.3) is 0 Å². The lowest BCUT2D eigenvalue weighted by atomic mass is 10.1. The summed E-state index contributed by atoms with van der Waals surface area (Å²) >= 11 is 0. The van der Waals surface area contributed by atoms with E-state index in [9.17, 15) is 4.57 Å². The molecule has 5 nitrogen and oxygen atoms in total. The maximum Gasteiger partial charge on any atom is 0.473 e. The van der Waals surface area contributed by atoms with Gasteiger partial charge in [0, 0.05) is 21.3 Å². The summed E-state index contributed by atoms with van der Waals surface area (Å²) in [6.45, 7) is 3.54. The van der Waals surface area contributed by atoms with Crippen LogP contribution in [0.3, 0.4) is 0 Å². The highest BCUT2D eigenvalue weighted by molar-refractivity contribution is 7.48. The Kier molecular flexibility index (Phi) is 20.3. The molecule has 0 amide bonds. The predicted molar refractivity (Wildman–Crippen MR) is 99.0 cm³/mol. The van der Waals surface area contributed by atoms with Crippen molar-refractivity contribution in [3.8, 4) is 0 Å². The summed E-state index contributed by atoms with van der Waals surface area (Å²) in [5.41, 5.74) is 0. The Balaban J connectivity index is 0. The molecule has 0 aromatic rings. The molecule has 0 bridgehead atoms. The highest BCUT2D eigenvalue weighted by atomic mass is 31.2. The average Bonchev–Trinajstić information content (AvgIpc) is 2.56. The van der Waals surface area contributed by atoms with Crippen molar-refractivity contribution < 1.29 is 18.1 Å². The molecule has 142 valence electrons. The number of phosphoric acid groups is 1. The molecule has 23 heavy (non-hydrogen) atoms. The summed E-state index contributed by atoms with van der Waals surface area (Å²) in [7, 11) is 4.93. The van der Waals surface area contributed by atoms with Gasteiger partial charge in [0.15, 0.2) is 0 Å². The van der Waals surface area contributed by atoms with E-state index < -0.39 is 7.82 Å². The third-order valence-corrected chi connectivity index (χ3v) is 4.97. The zero-order valence-electron chi connectivity index (χ0n) is 16.3. The summed E-state index contributed by atoms with van der Waals surface area (Å²) in [6.07, 6.45) is 14.4. The zero-order valence-corrected chi connectivity index (χ0v) is 17.2. The fraction of sp³-hybridized carbons (Fsp3) is 1.00. The maximum absolute atomic E-state index is 10.7. The van der Waals surface area contributed by atoms with Crippen molar-refractivity contribution >= 4 is 7.82 Å². The van der Waals surface area contributed by atoms with Gasteiger partial charge in [-0.15, -0.1) is 0 Å². The number of hydrogen-bond acceptors (Lipinski definition) is 5. The van der Waals surface area contributed by atoms with Crippen LogP contribution in [0.4, 0.5) is 0 Å². The molecule has 0 aliphatic carbocycles. The van der Waals surface area contributed by atoms with E-state index in [0.29, 0.717) is 0 Å². The van der Waals surface area contributed by atoms with Gasteiger partial charge in [0.1, 0.15) is 0 Å². The molecule has 0 atom stereocenters. The van der Waals surface area contributed by atoms with Crippen molar-refractivity contribution in [2.24, 2.45) is 0 Å². The van der Waals surface area contributed by atoms with Crippen LogP contribution in [-0.4, -0.2) is 46.9 Å². The van der Waals surface area contributed by atoms with Crippen LogP contribution in [-0.2, 0) is 18.1 Å². The molecule has 0 saturated carbocycles. The third kappa shape index (κ3) is 20.0. The number of unbranched alkanes of at least 4 members (excludes halogenated alkanes) is 9. The van der Waals surface area contributed by atoms with Gasteiger partial charge in [-0.2, -0.15) is 0 Å². The van der Waals surface area contributed by atoms with Gasteiger partial charge in [-0.3, -0.25) is 13.6 Å². The minimum Gasteiger partial charge on any atom is -0.309 e. The minimum atomic E-state index is -3.16. The van der Waals surface area contributed by atoms with Crippen LogP contribution < -0.4 is 0 Å². The van der Waals surface area contributed by atoms with Crippen LogP contribution in [0.2, 0.25) is 0 Å². The van der Waals surface area contributed by atoms with Crippen molar-refractivity contribution in [3.63, 3.8) is 0 Å². The molecule has 0 aromatic heterocycles. The van der Waals surface area contributed by atoms with E-state index in [-0.39, 0.29) is 0 Å². The fourth-order valence-corrected chi connectivity index (χ4v) is 2.59. The first-order valence-electron chi connectivity index (χ1n) is 8.87. The van der Waals surface area contributed by atoms with Gasteiger partial charge in [0.25, 0.3) is 0 Å². The summed E-state index contributed by atoms with van der Waals surface area (Å²) in [6, 6.07) is 0. The molecule has 0 heterocycles. The van der Waals surface area contributed by atoms with Gasteiger partial charge in [0.2, 0.25) is 0 Å². The summed E-state index contributed by atoms with van der Waals surface area (Å²) in [4.78, 5) is 2.28. The molecule has 0 aliphatic heterocycles. The molecule has 0 fully saturated rings. The Morgan fingerprint density at radius 3 is 1.30 bits per heavy atom. The van der Waals surface area contributed by atoms with Gasteiger partial charge in [0.05, 0.1) is 0 Å². The standard InChI is InChI=1S/C14H31N.C3H9O4P/c1-4-5-6-7-8-9-10-11-12-13-14-15(2)3;1-5-8(4,6-2)7-3/h4-14H2,1-3H3;1-3H3. The van der Waals surface area contributed by atoms with Crippen molar-refractivity contribution in [2.45, 2.75) is 71.1 Å². The molecule has 0 saturated heterocycles. The topological polar surface area (TPSA) is 48.0 Å². The Labute approximate surface area is 144 Å². The second-order valence-corrected chi connectivity index (χ2v) is 7.97. The molecule has 0 spiro atoms. The molecule has 0 aromatic carbocycles. The quantitative estimate of drug-likeness (QED) is 0.305. The molecular weight excluding hydrogens is 313 g/mol. The largest absolute Gasteiger partial charge is 0.473 e. The third-order valence-electron chi connectivity index (χ3n) is 3.63. The van der Waals surface area contributed by atoms with Gasteiger partial charge in [-0.1, -0.05) is 64.7 Å². The summed E-state index contributed by atoms with van der Waals surface area (Å²) in [5.74, 6) is 0. The van der Waals surface area contributed by atoms with E-state index in [0.717, 1.165) is 0 Å². The molecule has 6 heteroatoms. The first-order chi connectivity index (χ1) is 11.0. The number of nitrogens with zero attached hydrogens (tertiary/aromatic N) is 1. The van der Waals surface area contributed by atoms with Crippen LogP contribution in [0.5, 0.6) is 0 Å². The van der Waals surface area contributed by atoms with Crippen LogP contribution in [0.15, 0.2) is 0 Å². The minimum absolute atomic E-state index is 1.26. The average molecular weight is 353 g/mol. The van der Waals surface area contributed by atoms with E-state index in [1.807, 2.05) is 0 Å². The first-order valence-corrected chi connectivity index (χ1v) is 10.3. The number of phosphoric ester groups is 1. The van der Waals surface area contributed by atoms with E-state index in [4.69, 9.17) is 0 Å². The van der Waals surface area contributed by atoms with Gasteiger partial charge in [-0.05, 0) is 27.1 Å². The van der Waals surface area contributed by atoms with Gasteiger partial charge < -0.3 is 4.90 Å². The van der Waals surface area contributed by atoms with Crippen LogP contribution in [0.1, 0.15) is 71.1 Å². The number of rotatable bonds is 14. The summed E-state index contributed by atoms with van der Waals surface area (Å²) < 4.78 is 23.7. The van der Waals surface area contributed by atoms with E-state index in [1.54, 1.807) is 0 Å². The molecule has 0 rings (SSSR count). The lowest BCUT2D eigenvalue weighted by Crippen LogP contribution is -2.12. The maximum atomic E-state index is 10.7. The van der Waals surface area contributed by atoms with Crippen LogP contribution in [0, 0.1) is 0 Å². The Bertz CT molecular complexity index is 256. The van der Waals surface area contributed by atoms with E-state index >= 15 is 0 Å². The lowest BCUT2D eigenvalue weighted by molar-refractivity contribution is 0.178. The van der Waals surface area contributed by atoms with Crippen molar-refractivity contribution in [3.05, 3.63) is 0 Å². The zero-order chi connectivity index (χ0) is 18.0. The van der Waals surface area contributed by atoms with Gasteiger partial charge in [-0.25, -0.2) is 4.57 Å². The van der Waals surface area contributed by atoms with Crippen molar-refractivity contribution in [2.75, 3.05) is 42.0 Å². The van der Waals surface area contributed by atoms with Gasteiger partial charge >= 0.3 is 7.82 Å². The van der Waals surface area contributed by atoms with E-state index in [1.165, 1.54) is 92.1 Å². The van der Waals surface area contributed by atoms with Crippen molar-refractivity contribution in [1.82, 2.24) is 4.90 Å². The molecule has 0 N–H and O–H groups in total. The molecule has 0 aliphatic rings. The predicted octanol–water partition coefficient (Wildman–Crippen LogP) is 5.50. The van der Waals surface area contributed by atoms with E-state index in [2.05, 4.69) is 39.5 Å². The normalized spacial score (nSPS) is 11.4. The Hall–Kier alpha value is 0.0700. The highest BCUT2D eigenvalue weighted by Gasteiger charge is 2.18. The highest BCUT2D eigenvalue weighted by Crippen LogP contribution is 2.46. The molecule has 0 radical (unpaired) electrons. The SMILES string of the molecule is CCCCCCCCCCCCN(C)C.COP(=O)(OC)OC. The number of hydrogen-bond donors (Lipinski definition) is 0. The first kappa shape index (κ1) is 25.3. The molecular formula is C17H40NO4P. The van der Waals surface area contributed by atoms with Crippen LogP contribution >= 0.6 is 7.82 Å². The summed E-state index contributed by atoms with van der Waals surface area (Å²) in [5, 5.41) is 0.